The van der Waals surface area contributed by atoms with E-state index in [1.807, 2.05) is 24.3 Å². The molecule has 0 aliphatic carbocycles. The van der Waals surface area contributed by atoms with Gasteiger partial charge >= 0.3 is 5.97 Å². The summed E-state index contributed by atoms with van der Waals surface area (Å²) in [6.07, 6.45) is 0. The average Bonchev–Trinajstić information content (AvgIpc) is 2.52. The lowest BCUT2D eigenvalue weighted by Crippen LogP contribution is -2.10. The number of carboxylic acids is 1. The molecule has 116 valence electrons. The zero-order valence-corrected chi connectivity index (χ0v) is 12.8. The predicted octanol–water partition coefficient (Wildman–Crippen LogP) is 2.92. The number of nitrogens with one attached hydrogen (secondary N) is 1. The predicted molar refractivity (Wildman–Crippen MR) is 83.4 cm³/mol. The summed E-state index contributed by atoms with van der Waals surface area (Å²) in [5, 5.41) is 11.9. The first-order valence-corrected chi connectivity index (χ1v) is 7.01. The summed E-state index contributed by atoms with van der Waals surface area (Å²) in [4.78, 5) is 19.2. The van der Waals surface area contributed by atoms with E-state index in [-0.39, 0.29) is 12.3 Å². The van der Waals surface area contributed by atoms with E-state index >= 15 is 0 Å². The Bertz CT molecular complexity index is 671. The van der Waals surface area contributed by atoms with Crippen LogP contribution < -0.4 is 10.1 Å². The molecule has 0 aliphatic rings. The highest BCUT2D eigenvalue weighted by atomic mass is 16.5. The van der Waals surface area contributed by atoms with Gasteiger partial charge in [0.05, 0.1) is 0 Å². The summed E-state index contributed by atoms with van der Waals surface area (Å²) in [5.41, 5.74) is 1.11. The normalized spacial score (nSPS) is 10.5. The third-order valence-corrected chi connectivity index (χ3v) is 3.14. The van der Waals surface area contributed by atoms with Crippen molar-refractivity contribution in [3.63, 3.8) is 0 Å². The van der Waals surface area contributed by atoms with Gasteiger partial charge in [0.1, 0.15) is 18.2 Å². The van der Waals surface area contributed by atoms with Crippen molar-refractivity contribution < 1.29 is 14.6 Å². The van der Waals surface area contributed by atoms with Gasteiger partial charge in [0.15, 0.2) is 11.5 Å². The summed E-state index contributed by atoms with van der Waals surface area (Å²) >= 11 is 0. The number of aromatic nitrogens is 2. The highest BCUT2D eigenvalue weighted by molar-refractivity contribution is 5.86. The largest absolute Gasteiger partial charge is 0.486 e. The zero-order valence-electron chi connectivity index (χ0n) is 12.8. The monoisotopic (exact) mass is 301 g/mol. The van der Waals surface area contributed by atoms with Crippen LogP contribution in [0.3, 0.4) is 0 Å². The van der Waals surface area contributed by atoms with Crippen LogP contribution in [0.2, 0.25) is 0 Å². The number of benzene rings is 1. The van der Waals surface area contributed by atoms with E-state index in [4.69, 9.17) is 9.84 Å². The van der Waals surface area contributed by atoms with Gasteiger partial charge in [-0.2, -0.15) is 0 Å². The van der Waals surface area contributed by atoms with Crippen molar-refractivity contribution in [2.75, 3.05) is 12.4 Å². The van der Waals surface area contributed by atoms with Crippen LogP contribution in [0.15, 0.2) is 30.3 Å². The van der Waals surface area contributed by atoms with Crippen molar-refractivity contribution in [1.82, 2.24) is 9.97 Å². The van der Waals surface area contributed by atoms with Gasteiger partial charge in [0, 0.05) is 13.1 Å². The van der Waals surface area contributed by atoms with Crippen molar-refractivity contribution >= 4 is 11.8 Å². The molecule has 0 saturated carbocycles. The van der Waals surface area contributed by atoms with Gasteiger partial charge in [-0.15, -0.1) is 0 Å². The van der Waals surface area contributed by atoms with Gasteiger partial charge in [0.2, 0.25) is 0 Å². The molecule has 1 heterocycles. The average molecular weight is 301 g/mol. The van der Waals surface area contributed by atoms with Crippen LogP contribution >= 0.6 is 0 Å². The van der Waals surface area contributed by atoms with Crippen LogP contribution in [0.4, 0.5) is 5.82 Å². The van der Waals surface area contributed by atoms with E-state index in [0.29, 0.717) is 23.3 Å². The fourth-order valence-electron chi connectivity index (χ4n) is 1.91. The van der Waals surface area contributed by atoms with Crippen molar-refractivity contribution in [3.05, 3.63) is 47.4 Å². The molecule has 2 aromatic rings. The summed E-state index contributed by atoms with van der Waals surface area (Å²) in [6.45, 7) is 4.33. The van der Waals surface area contributed by atoms with Crippen LogP contribution in [0.5, 0.6) is 5.75 Å². The first-order chi connectivity index (χ1) is 10.5. The number of aromatic carboxylic acids is 1. The molecular formula is C16H19N3O3. The Labute approximate surface area is 129 Å². The molecule has 0 spiro atoms. The molecule has 0 unspecified atom stereocenters. The fraction of sp³-hybridized carbons (Fsp3) is 0.312. The molecule has 0 radical (unpaired) electrons. The molecule has 2 rings (SSSR count). The number of nitrogens with zero attached hydrogens (tertiary/aromatic N) is 2. The van der Waals surface area contributed by atoms with Crippen LogP contribution in [0.1, 0.15) is 41.6 Å². The minimum atomic E-state index is -1.10. The lowest BCUT2D eigenvalue weighted by molar-refractivity contribution is 0.0689. The standard InChI is InChI=1S/C16H19N3O3/c1-10(2)11-5-4-6-12(7-11)22-9-15-18-13(16(20)21)8-14(17-3)19-15/h4-8,10H,9H2,1-3H3,(H,20,21)(H,17,18,19). The number of carbonyl (C=O) groups is 1. The van der Waals surface area contributed by atoms with Gasteiger partial charge in [0.25, 0.3) is 0 Å². The maximum Gasteiger partial charge on any atom is 0.354 e. The molecule has 6 heteroatoms. The molecule has 6 nitrogen and oxygen atoms in total. The van der Waals surface area contributed by atoms with Crippen molar-refractivity contribution in [2.45, 2.75) is 26.4 Å². The Morgan fingerprint density at radius 1 is 1.32 bits per heavy atom. The van der Waals surface area contributed by atoms with Gasteiger partial charge in [-0.1, -0.05) is 26.0 Å². The minimum Gasteiger partial charge on any atom is -0.486 e. The first-order valence-electron chi connectivity index (χ1n) is 7.01. The van der Waals surface area contributed by atoms with E-state index in [0.717, 1.165) is 0 Å². The molecule has 1 aromatic carbocycles. The SMILES string of the molecule is CNc1cc(C(=O)O)nc(COc2cccc(C(C)C)c2)n1. The van der Waals surface area contributed by atoms with Gasteiger partial charge < -0.3 is 15.2 Å². The number of hydrogen-bond donors (Lipinski definition) is 2. The number of anilines is 1. The third kappa shape index (κ3) is 3.94. The van der Waals surface area contributed by atoms with Gasteiger partial charge in [-0.3, -0.25) is 0 Å². The van der Waals surface area contributed by atoms with Crippen LogP contribution in [-0.2, 0) is 6.61 Å². The number of hydrogen-bond acceptors (Lipinski definition) is 5. The van der Waals surface area contributed by atoms with E-state index in [1.54, 1.807) is 7.05 Å². The van der Waals surface area contributed by atoms with E-state index in [9.17, 15) is 4.79 Å². The molecule has 22 heavy (non-hydrogen) atoms. The zero-order chi connectivity index (χ0) is 16.1. The lowest BCUT2D eigenvalue weighted by atomic mass is 10.0. The van der Waals surface area contributed by atoms with Gasteiger partial charge in [-0.25, -0.2) is 14.8 Å². The quantitative estimate of drug-likeness (QED) is 0.853. The smallest absolute Gasteiger partial charge is 0.354 e. The number of rotatable bonds is 6. The van der Waals surface area contributed by atoms with Crippen LogP contribution in [0.25, 0.3) is 0 Å². The van der Waals surface area contributed by atoms with E-state index in [1.165, 1.54) is 11.6 Å². The minimum absolute atomic E-state index is 0.0612. The van der Waals surface area contributed by atoms with Crippen molar-refractivity contribution in [2.24, 2.45) is 0 Å². The molecular weight excluding hydrogens is 282 g/mol. The van der Waals surface area contributed by atoms with Crippen LogP contribution in [-0.4, -0.2) is 28.1 Å². The molecule has 1 aromatic heterocycles. The summed E-state index contributed by atoms with van der Waals surface area (Å²) in [7, 11) is 1.67. The highest BCUT2D eigenvalue weighted by Crippen LogP contribution is 2.20. The third-order valence-electron chi connectivity index (χ3n) is 3.14. The fourth-order valence-corrected chi connectivity index (χ4v) is 1.91. The van der Waals surface area contributed by atoms with Crippen molar-refractivity contribution in [1.29, 1.82) is 0 Å². The van der Waals surface area contributed by atoms with Crippen molar-refractivity contribution in [3.8, 4) is 5.75 Å². The lowest BCUT2D eigenvalue weighted by Gasteiger charge is -2.10. The molecule has 0 amide bonds. The molecule has 0 atom stereocenters. The van der Waals surface area contributed by atoms with E-state index in [2.05, 4.69) is 29.1 Å². The Morgan fingerprint density at radius 2 is 2.09 bits per heavy atom. The maximum atomic E-state index is 11.1. The maximum absolute atomic E-state index is 11.1. The van der Waals surface area contributed by atoms with Gasteiger partial charge in [-0.05, 0) is 23.6 Å². The summed E-state index contributed by atoms with van der Waals surface area (Å²) in [6, 6.07) is 9.16. The first kappa shape index (κ1) is 15.8. The van der Waals surface area contributed by atoms with Crippen LogP contribution in [0, 0.1) is 0 Å². The summed E-state index contributed by atoms with van der Waals surface area (Å²) in [5.74, 6) is 0.788. The molecule has 0 saturated heterocycles. The second-order valence-corrected chi connectivity index (χ2v) is 5.13. The Balaban J connectivity index is 2.15. The summed E-state index contributed by atoms with van der Waals surface area (Å²) < 4.78 is 5.67. The second-order valence-electron chi connectivity index (χ2n) is 5.13. The van der Waals surface area contributed by atoms with E-state index < -0.39 is 5.97 Å². The Kier molecular flexibility index (Phi) is 4.93. The topological polar surface area (TPSA) is 84.3 Å². The molecule has 2 N–H and O–H groups in total. The second kappa shape index (κ2) is 6.89. The Hall–Kier alpha value is -2.63. The highest BCUT2D eigenvalue weighted by Gasteiger charge is 2.10. The molecule has 0 bridgehead atoms. The number of ether oxygens (including phenoxy) is 1. The molecule has 0 aliphatic heterocycles. The Morgan fingerprint density at radius 3 is 2.73 bits per heavy atom. The molecule has 0 fully saturated rings. The number of carboxylic acid groups (broad SMARTS) is 1.